The van der Waals surface area contributed by atoms with Gasteiger partial charge in [-0.05, 0) is 31.1 Å². The number of hydrogen-bond donors (Lipinski definition) is 1. The summed E-state index contributed by atoms with van der Waals surface area (Å²) in [6, 6.07) is 0. The molecule has 0 heterocycles. The van der Waals surface area contributed by atoms with E-state index in [0.717, 1.165) is 12.3 Å². The molecule has 0 aromatic heterocycles. The van der Waals surface area contributed by atoms with Gasteiger partial charge < -0.3 is 5.11 Å². The Morgan fingerprint density at radius 3 is 2.36 bits per heavy atom. The van der Waals surface area contributed by atoms with Crippen LogP contribution >= 0.6 is 0 Å². The van der Waals surface area contributed by atoms with E-state index in [4.69, 9.17) is 0 Å². The first-order valence-corrected chi connectivity index (χ1v) is 5.06. The number of aliphatic hydroxyl groups excluding tert-OH is 1. The first kappa shape index (κ1) is 7.60. The highest BCUT2D eigenvalue weighted by Gasteiger charge is 2.33. The van der Waals surface area contributed by atoms with E-state index < -0.39 is 0 Å². The van der Waals surface area contributed by atoms with Crippen LogP contribution in [0.4, 0.5) is 0 Å². The van der Waals surface area contributed by atoms with Crippen LogP contribution in [0.2, 0.25) is 0 Å². The maximum Gasteiger partial charge on any atom is 0.0571 e. The van der Waals surface area contributed by atoms with Crippen molar-refractivity contribution in [2.24, 2.45) is 11.8 Å². The van der Waals surface area contributed by atoms with Crippen molar-refractivity contribution >= 4 is 0 Å². The molecule has 1 heteroatoms. The van der Waals surface area contributed by atoms with Crippen LogP contribution in [0.1, 0.15) is 44.9 Å². The van der Waals surface area contributed by atoms with Crippen molar-refractivity contribution in [1.29, 1.82) is 0 Å². The predicted molar refractivity (Wildman–Crippen MR) is 45.3 cm³/mol. The van der Waals surface area contributed by atoms with Crippen LogP contribution in [0.3, 0.4) is 0 Å². The summed E-state index contributed by atoms with van der Waals surface area (Å²) in [5.41, 5.74) is 0. The van der Waals surface area contributed by atoms with E-state index in [1.54, 1.807) is 0 Å². The van der Waals surface area contributed by atoms with Crippen molar-refractivity contribution in [2.75, 3.05) is 0 Å². The zero-order valence-corrected chi connectivity index (χ0v) is 7.13. The van der Waals surface area contributed by atoms with Gasteiger partial charge in [-0.3, -0.25) is 0 Å². The lowest BCUT2D eigenvalue weighted by Crippen LogP contribution is -2.34. The van der Waals surface area contributed by atoms with Gasteiger partial charge in [0.05, 0.1) is 6.10 Å². The molecule has 64 valence electrons. The molecule has 0 amide bonds. The van der Waals surface area contributed by atoms with Gasteiger partial charge in [0.2, 0.25) is 0 Å². The van der Waals surface area contributed by atoms with Crippen LogP contribution in [0, 0.1) is 11.8 Å². The number of rotatable bonds is 0. The Balaban J connectivity index is 1.99. The first-order chi connectivity index (χ1) is 5.38. The Kier molecular flexibility index (Phi) is 2.17. The molecule has 0 unspecified atom stereocenters. The fraction of sp³-hybridized carbons (Fsp3) is 1.00. The fourth-order valence-corrected chi connectivity index (χ4v) is 2.90. The molecule has 2 rings (SSSR count). The van der Waals surface area contributed by atoms with Crippen LogP contribution in [-0.2, 0) is 0 Å². The van der Waals surface area contributed by atoms with Gasteiger partial charge in [-0.15, -0.1) is 0 Å². The zero-order valence-electron chi connectivity index (χ0n) is 7.13. The minimum atomic E-state index is 0.0500. The van der Waals surface area contributed by atoms with Crippen LogP contribution < -0.4 is 0 Å². The zero-order chi connectivity index (χ0) is 7.68. The molecule has 3 atom stereocenters. The van der Waals surface area contributed by atoms with Crippen molar-refractivity contribution in [3.8, 4) is 0 Å². The molecule has 11 heavy (non-hydrogen) atoms. The molecular weight excluding hydrogens is 136 g/mol. The van der Waals surface area contributed by atoms with Gasteiger partial charge in [-0.25, -0.2) is 0 Å². The van der Waals surface area contributed by atoms with Crippen molar-refractivity contribution in [3.63, 3.8) is 0 Å². The maximum atomic E-state index is 9.70. The van der Waals surface area contributed by atoms with Gasteiger partial charge in [-0.1, -0.05) is 25.7 Å². The van der Waals surface area contributed by atoms with E-state index >= 15 is 0 Å². The van der Waals surface area contributed by atoms with Crippen molar-refractivity contribution in [3.05, 3.63) is 0 Å². The topological polar surface area (TPSA) is 20.2 Å². The summed E-state index contributed by atoms with van der Waals surface area (Å²) < 4.78 is 0. The van der Waals surface area contributed by atoms with Gasteiger partial charge >= 0.3 is 0 Å². The van der Waals surface area contributed by atoms with Crippen LogP contribution in [0.25, 0.3) is 0 Å². The minimum Gasteiger partial charge on any atom is -0.393 e. The summed E-state index contributed by atoms with van der Waals surface area (Å²) in [7, 11) is 0. The van der Waals surface area contributed by atoms with E-state index in [9.17, 15) is 5.11 Å². The third-order valence-electron chi connectivity index (χ3n) is 3.54. The molecule has 2 aliphatic rings. The smallest absolute Gasteiger partial charge is 0.0571 e. The van der Waals surface area contributed by atoms with Gasteiger partial charge in [0.25, 0.3) is 0 Å². The highest BCUT2D eigenvalue weighted by molar-refractivity contribution is 4.84. The molecule has 0 aromatic carbocycles. The van der Waals surface area contributed by atoms with Crippen LogP contribution in [0.15, 0.2) is 0 Å². The predicted octanol–water partition coefficient (Wildman–Crippen LogP) is 2.34. The highest BCUT2D eigenvalue weighted by Crippen LogP contribution is 2.40. The van der Waals surface area contributed by atoms with Crippen molar-refractivity contribution in [1.82, 2.24) is 0 Å². The molecule has 0 spiro atoms. The van der Waals surface area contributed by atoms with Gasteiger partial charge in [0.15, 0.2) is 0 Å². The molecule has 0 saturated heterocycles. The molecule has 0 bridgehead atoms. The van der Waals surface area contributed by atoms with Crippen LogP contribution in [-0.4, -0.2) is 11.2 Å². The highest BCUT2D eigenvalue weighted by atomic mass is 16.3. The molecular formula is C10H18O. The maximum absolute atomic E-state index is 9.70. The second kappa shape index (κ2) is 3.14. The third kappa shape index (κ3) is 1.44. The molecule has 1 nitrogen and oxygen atoms in total. The molecule has 0 radical (unpaired) electrons. The van der Waals surface area contributed by atoms with Gasteiger partial charge in [-0.2, -0.15) is 0 Å². The summed E-state index contributed by atoms with van der Waals surface area (Å²) in [6.45, 7) is 0. The Morgan fingerprint density at radius 1 is 0.818 bits per heavy atom. The summed E-state index contributed by atoms with van der Waals surface area (Å²) in [6.07, 6.45) is 9.24. The molecule has 2 aliphatic carbocycles. The van der Waals surface area contributed by atoms with Crippen LogP contribution in [0.5, 0.6) is 0 Å². The number of fused-ring (bicyclic) bond motifs is 1. The summed E-state index contributed by atoms with van der Waals surface area (Å²) >= 11 is 0. The second-order valence-electron chi connectivity index (χ2n) is 4.21. The minimum absolute atomic E-state index is 0.0500. The lowest BCUT2D eigenvalue weighted by molar-refractivity contribution is 0.0105. The Morgan fingerprint density at radius 2 is 1.55 bits per heavy atom. The average Bonchev–Trinajstić information content (AvgIpc) is 2.06. The Bertz CT molecular complexity index is 131. The lowest BCUT2D eigenvalue weighted by atomic mass is 9.69. The SMILES string of the molecule is O[C@H]1CCC[C@@H]2CCCC[C@@H]21. The molecule has 1 N–H and O–H groups in total. The molecule has 0 aliphatic heterocycles. The number of aliphatic hydroxyl groups is 1. The van der Waals surface area contributed by atoms with E-state index in [1.807, 2.05) is 0 Å². The molecule has 2 fully saturated rings. The standard InChI is InChI=1S/C10H18O/c11-10-7-3-5-8-4-1-2-6-9(8)10/h8-11H,1-7H2/t8-,9-,10-/m0/s1. The van der Waals surface area contributed by atoms with E-state index in [1.165, 1.54) is 38.5 Å². The normalized spacial score (nSPS) is 45.0. The molecule has 2 saturated carbocycles. The second-order valence-corrected chi connectivity index (χ2v) is 4.21. The largest absolute Gasteiger partial charge is 0.393 e. The van der Waals surface area contributed by atoms with E-state index in [-0.39, 0.29) is 6.10 Å². The van der Waals surface area contributed by atoms with Crippen molar-refractivity contribution in [2.45, 2.75) is 51.0 Å². The van der Waals surface area contributed by atoms with Crippen molar-refractivity contribution < 1.29 is 5.11 Å². The fourth-order valence-electron chi connectivity index (χ4n) is 2.90. The Labute approximate surface area is 68.8 Å². The third-order valence-corrected chi connectivity index (χ3v) is 3.54. The summed E-state index contributed by atoms with van der Waals surface area (Å²) in [5.74, 6) is 1.56. The quantitative estimate of drug-likeness (QED) is 0.568. The Hall–Kier alpha value is -0.0400. The summed E-state index contributed by atoms with van der Waals surface area (Å²) in [4.78, 5) is 0. The first-order valence-electron chi connectivity index (χ1n) is 5.06. The van der Waals surface area contributed by atoms with Gasteiger partial charge in [0.1, 0.15) is 0 Å². The average molecular weight is 154 g/mol. The summed E-state index contributed by atoms with van der Waals surface area (Å²) in [5, 5.41) is 9.70. The lowest BCUT2D eigenvalue weighted by Gasteiger charge is -2.38. The van der Waals surface area contributed by atoms with E-state index in [2.05, 4.69) is 0 Å². The monoisotopic (exact) mass is 154 g/mol. The molecule has 0 aromatic rings. The van der Waals surface area contributed by atoms with E-state index in [0.29, 0.717) is 5.92 Å². The number of hydrogen-bond acceptors (Lipinski definition) is 1. The van der Waals surface area contributed by atoms with Gasteiger partial charge in [0, 0.05) is 0 Å².